The van der Waals surface area contributed by atoms with Gasteiger partial charge in [0.25, 0.3) is 0 Å². The van der Waals surface area contributed by atoms with Gasteiger partial charge in [-0.3, -0.25) is 4.79 Å². The van der Waals surface area contributed by atoms with Crippen molar-refractivity contribution in [3.63, 3.8) is 0 Å². The molecule has 0 aromatic rings. The fourth-order valence-electron chi connectivity index (χ4n) is 0.0579. The average Bonchev–Trinajstić information content (AvgIpc) is 1.64. The monoisotopic (exact) mass is 141 g/mol. The van der Waals surface area contributed by atoms with Gasteiger partial charge in [-0.15, -0.1) is 0 Å². The molecule has 1 N–H and O–H groups in total. The van der Waals surface area contributed by atoms with Crippen molar-refractivity contribution in [2.45, 2.75) is 18.7 Å². The quantitative estimate of drug-likeness (QED) is 0.574. The molecular weight excluding hydrogens is 137 g/mol. The van der Waals surface area contributed by atoms with Gasteiger partial charge < -0.3 is 5.11 Å². The zero-order valence-corrected chi connectivity index (χ0v) is 4.49. The van der Waals surface area contributed by atoms with E-state index in [1.807, 2.05) is 0 Å². The van der Waals surface area contributed by atoms with E-state index in [4.69, 9.17) is 5.11 Å². The number of carbonyl (C=O) groups excluding carboxylic acids is 1. The molecule has 1 radical (unpaired) electrons. The molecule has 0 amide bonds. The minimum absolute atomic E-state index is 0.333. The van der Waals surface area contributed by atoms with Crippen LogP contribution in [0.5, 0.6) is 0 Å². The van der Waals surface area contributed by atoms with Crippen LogP contribution in [0.25, 0.3) is 0 Å². The summed E-state index contributed by atoms with van der Waals surface area (Å²) in [5.41, 5.74) is -3.33. The van der Waals surface area contributed by atoms with Crippen molar-refractivity contribution in [1.29, 1.82) is 0 Å². The first-order valence-electron chi connectivity index (χ1n) is 1.99. The van der Waals surface area contributed by atoms with Gasteiger partial charge in [-0.25, -0.2) is 0 Å². The van der Waals surface area contributed by atoms with Gasteiger partial charge in [0.2, 0.25) is 11.9 Å². The van der Waals surface area contributed by atoms with E-state index in [1.165, 1.54) is 0 Å². The fraction of sp³-hybridized carbons (Fsp3) is 0.750. The SMILES string of the molecule is CC(O)([C]=O)C(F)(F)F. The second kappa shape index (κ2) is 1.98. The van der Waals surface area contributed by atoms with Gasteiger partial charge in [0.1, 0.15) is 0 Å². The molecule has 0 saturated carbocycles. The maximum absolute atomic E-state index is 11.3. The highest BCUT2D eigenvalue weighted by molar-refractivity contribution is 5.63. The summed E-state index contributed by atoms with van der Waals surface area (Å²) in [6.45, 7) is 0.333. The number of aliphatic hydroxyl groups is 1. The Labute approximate surface area is 49.3 Å². The van der Waals surface area contributed by atoms with E-state index in [-0.39, 0.29) is 0 Å². The third kappa shape index (κ3) is 1.67. The van der Waals surface area contributed by atoms with Gasteiger partial charge >= 0.3 is 6.18 Å². The predicted octanol–water partition coefficient (Wildman–Crippen LogP) is 0.409. The zero-order chi connectivity index (χ0) is 7.71. The molecule has 5 heteroatoms. The van der Waals surface area contributed by atoms with Crippen LogP contribution in [-0.4, -0.2) is 23.2 Å². The summed E-state index contributed by atoms with van der Waals surface area (Å²) in [6, 6.07) is 0. The second-order valence-corrected chi connectivity index (χ2v) is 1.67. The second-order valence-electron chi connectivity index (χ2n) is 1.67. The van der Waals surface area contributed by atoms with Crippen molar-refractivity contribution in [1.82, 2.24) is 0 Å². The first-order valence-corrected chi connectivity index (χ1v) is 1.99. The highest BCUT2D eigenvalue weighted by Gasteiger charge is 2.50. The van der Waals surface area contributed by atoms with Crippen LogP contribution in [0.4, 0.5) is 13.2 Å². The van der Waals surface area contributed by atoms with E-state index in [1.54, 1.807) is 0 Å². The van der Waals surface area contributed by atoms with Crippen LogP contribution in [0.1, 0.15) is 6.92 Å². The normalized spacial score (nSPS) is 18.8. The molecule has 0 spiro atoms. The molecule has 2 nitrogen and oxygen atoms in total. The largest absolute Gasteiger partial charge is 0.424 e. The molecule has 1 unspecified atom stereocenters. The zero-order valence-electron chi connectivity index (χ0n) is 4.49. The number of rotatable bonds is 1. The molecule has 0 aliphatic carbocycles. The van der Waals surface area contributed by atoms with Gasteiger partial charge in [0.15, 0.2) is 0 Å². The molecule has 0 aliphatic rings. The lowest BCUT2D eigenvalue weighted by Crippen LogP contribution is -2.43. The van der Waals surface area contributed by atoms with Crippen LogP contribution in [-0.2, 0) is 4.79 Å². The molecule has 0 heterocycles. The van der Waals surface area contributed by atoms with Crippen molar-refractivity contribution in [2.75, 3.05) is 0 Å². The van der Waals surface area contributed by atoms with E-state index < -0.39 is 11.8 Å². The Kier molecular flexibility index (Phi) is 1.85. The Morgan fingerprint density at radius 2 is 1.78 bits per heavy atom. The van der Waals surface area contributed by atoms with Crippen LogP contribution in [0.15, 0.2) is 0 Å². The summed E-state index contributed by atoms with van der Waals surface area (Å²) >= 11 is 0. The van der Waals surface area contributed by atoms with Gasteiger partial charge in [-0.2, -0.15) is 13.2 Å². The Balaban J connectivity index is 4.32. The van der Waals surface area contributed by atoms with Crippen LogP contribution in [0, 0.1) is 0 Å². The average molecular weight is 141 g/mol. The van der Waals surface area contributed by atoms with E-state index in [2.05, 4.69) is 0 Å². The summed E-state index contributed by atoms with van der Waals surface area (Å²) in [6.07, 6.45) is -4.46. The lowest BCUT2D eigenvalue weighted by atomic mass is 10.1. The lowest BCUT2D eigenvalue weighted by molar-refractivity contribution is -0.223. The van der Waals surface area contributed by atoms with Crippen molar-refractivity contribution in [3.05, 3.63) is 0 Å². The molecule has 0 aliphatic heterocycles. The minimum Gasteiger partial charge on any atom is -0.374 e. The van der Waals surface area contributed by atoms with Gasteiger partial charge in [-0.1, -0.05) is 0 Å². The summed E-state index contributed by atoms with van der Waals surface area (Å²) in [5, 5.41) is 8.11. The summed E-state index contributed by atoms with van der Waals surface area (Å²) in [5.74, 6) is 0. The highest BCUT2D eigenvalue weighted by atomic mass is 19.4. The van der Waals surface area contributed by atoms with Crippen molar-refractivity contribution < 1.29 is 23.1 Å². The number of alkyl halides is 3. The third-order valence-corrected chi connectivity index (χ3v) is 0.751. The van der Waals surface area contributed by atoms with Gasteiger partial charge in [0, 0.05) is 0 Å². The molecular formula is C4H4F3O2. The maximum Gasteiger partial charge on any atom is 0.424 e. The maximum atomic E-state index is 11.3. The van der Waals surface area contributed by atoms with E-state index in [0.29, 0.717) is 13.2 Å². The molecule has 0 aromatic heterocycles. The molecule has 0 aromatic carbocycles. The van der Waals surface area contributed by atoms with E-state index in [9.17, 15) is 18.0 Å². The molecule has 0 fully saturated rings. The lowest BCUT2D eigenvalue weighted by Gasteiger charge is -2.17. The number of hydrogen-bond donors (Lipinski definition) is 1. The van der Waals surface area contributed by atoms with Gasteiger partial charge in [-0.05, 0) is 6.92 Å². The smallest absolute Gasteiger partial charge is 0.374 e. The molecule has 1 atom stereocenters. The number of hydrogen-bond acceptors (Lipinski definition) is 2. The molecule has 0 bridgehead atoms. The van der Waals surface area contributed by atoms with Crippen LogP contribution >= 0.6 is 0 Å². The van der Waals surface area contributed by atoms with Gasteiger partial charge in [0.05, 0.1) is 0 Å². The molecule has 0 saturated heterocycles. The Morgan fingerprint density at radius 3 is 1.78 bits per heavy atom. The topological polar surface area (TPSA) is 37.3 Å². The van der Waals surface area contributed by atoms with Crippen LogP contribution in [0.2, 0.25) is 0 Å². The van der Waals surface area contributed by atoms with E-state index >= 15 is 0 Å². The summed E-state index contributed by atoms with van der Waals surface area (Å²) in [7, 11) is 0. The molecule has 9 heavy (non-hydrogen) atoms. The van der Waals surface area contributed by atoms with Crippen molar-refractivity contribution >= 4 is 6.29 Å². The Morgan fingerprint density at radius 1 is 1.44 bits per heavy atom. The van der Waals surface area contributed by atoms with E-state index in [0.717, 1.165) is 0 Å². The Bertz CT molecular complexity index is 115. The first-order chi connectivity index (χ1) is 3.81. The molecule has 53 valence electrons. The predicted molar refractivity (Wildman–Crippen MR) is 22.4 cm³/mol. The van der Waals surface area contributed by atoms with Crippen LogP contribution < -0.4 is 0 Å². The highest BCUT2D eigenvalue weighted by Crippen LogP contribution is 2.27. The summed E-state index contributed by atoms with van der Waals surface area (Å²) in [4.78, 5) is 9.38. The summed E-state index contributed by atoms with van der Waals surface area (Å²) < 4.78 is 34.0. The standard InChI is InChI=1S/C4H4F3O2/c1-3(9,2-8)4(5,6)7/h9H,1H3. The fourth-order valence-corrected chi connectivity index (χ4v) is 0.0579. The van der Waals surface area contributed by atoms with Crippen LogP contribution in [0.3, 0.4) is 0 Å². The minimum atomic E-state index is -4.92. The number of halogens is 3. The Hall–Kier alpha value is -0.580. The first kappa shape index (κ1) is 8.42. The molecule has 0 rings (SSSR count). The third-order valence-electron chi connectivity index (χ3n) is 0.751. The van der Waals surface area contributed by atoms with Crippen molar-refractivity contribution in [3.8, 4) is 0 Å². The van der Waals surface area contributed by atoms with Crippen molar-refractivity contribution in [2.24, 2.45) is 0 Å².